The van der Waals surface area contributed by atoms with Crippen molar-refractivity contribution in [3.05, 3.63) is 58.7 Å². The third kappa shape index (κ3) is 4.31. The first-order valence-electron chi connectivity index (χ1n) is 10.5. The third-order valence-corrected chi connectivity index (χ3v) is 5.99. The Kier molecular flexibility index (Phi) is 5.60. The van der Waals surface area contributed by atoms with E-state index in [1.165, 1.54) is 5.56 Å². The number of rotatable bonds is 3. The molecule has 2 aromatic rings. The number of aryl methyl sites for hydroxylation is 1. The van der Waals surface area contributed by atoms with Gasteiger partial charge >= 0.3 is 0 Å². The zero-order valence-electron chi connectivity index (χ0n) is 17.2. The van der Waals surface area contributed by atoms with Crippen LogP contribution in [0.5, 0.6) is 0 Å². The normalized spacial score (nSPS) is 19.0. The highest BCUT2D eigenvalue weighted by Gasteiger charge is 2.29. The number of benzene rings is 1. The number of nitrogens with zero attached hydrogens (tertiary/aromatic N) is 4. The van der Waals surface area contributed by atoms with Crippen LogP contribution in [0, 0.1) is 6.92 Å². The molecule has 1 atom stereocenters. The van der Waals surface area contributed by atoms with Gasteiger partial charge in [0.2, 0.25) is 11.8 Å². The fourth-order valence-electron chi connectivity index (χ4n) is 4.27. The Morgan fingerprint density at radius 2 is 1.93 bits per heavy atom. The van der Waals surface area contributed by atoms with Gasteiger partial charge < -0.3 is 9.80 Å². The van der Waals surface area contributed by atoms with Gasteiger partial charge in [-0.25, -0.2) is 9.97 Å². The second kappa shape index (κ2) is 8.31. The van der Waals surface area contributed by atoms with E-state index in [0.29, 0.717) is 19.5 Å². The first-order chi connectivity index (χ1) is 14.0. The molecule has 0 spiro atoms. The number of hydrogen-bond donors (Lipinski definition) is 0. The summed E-state index contributed by atoms with van der Waals surface area (Å²) >= 11 is 0. The van der Waals surface area contributed by atoms with Gasteiger partial charge in [-0.1, -0.05) is 29.8 Å². The van der Waals surface area contributed by atoms with Crippen LogP contribution in [0.25, 0.3) is 0 Å². The van der Waals surface area contributed by atoms with Crippen molar-refractivity contribution >= 4 is 11.8 Å². The van der Waals surface area contributed by atoms with Crippen molar-refractivity contribution in [2.45, 2.75) is 58.5 Å². The van der Waals surface area contributed by atoms with Crippen LogP contribution in [0.2, 0.25) is 0 Å². The molecule has 6 heteroatoms. The smallest absolute Gasteiger partial charge is 0.227 e. The molecule has 1 aromatic heterocycles. The van der Waals surface area contributed by atoms with Crippen molar-refractivity contribution in [3.63, 3.8) is 0 Å². The Morgan fingerprint density at radius 3 is 2.69 bits per heavy atom. The van der Waals surface area contributed by atoms with Crippen molar-refractivity contribution in [2.75, 3.05) is 13.1 Å². The standard InChI is InChI=1S/C23H28N4O2/c1-16-6-8-18(9-7-16)13-22(29)26-12-10-20-19(15-26)14-24-23(25-20)21-5-3-4-11-27(21)17(2)28/h6-9,14,21H,3-5,10-13,15H2,1-2H3/t21-/m0/s1. The summed E-state index contributed by atoms with van der Waals surface area (Å²) in [5.41, 5.74) is 4.27. The number of carbonyl (C=O) groups excluding carboxylic acids is 2. The maximum atomic E-state index is 12.7. The first-order valence-corrected chi connectivity index (χ1v) is 10.5. The molecule has 0 unspecified atom stereocenters. The Bertz CT molecular complexity index is 910. The van der Waals surface area contributed by atoms with E-state index in [0.717, 1.165) is 54.9 Å². The number of fused-ring (bicyclic) bond motifs is 1. The van der Waals surface area contributed by atoms with Crippen LogP contribution in [-0.4, -0.2) is 44.7 Å². The van der Waals surface area contributed by atoms with Gasteiger partial charge in [0.15, 0.2) is 5.82 Å². The predicted molar refractivity (Wildman–Crippen MR) is 110 cm³/mol. The summed E-state index contributed by atoms with van der Waals surface area (Å²) in [6.45, 7) is 5.68. The Hall–Kier alpha value is -2.76. The lowest BCUT2D eigenvalue weighted by Crippen LogP contribution is -2.39. The Labute approximate surface area is 172 Å². The largest absolute Gasteiger partial charge is 0.338 e. The Balaban J connectivity index is 1.45. The van der Waals surface area contributed by atoms with Crippen molar-refractivity contribution in [1.82, 2.24) is 19.8 Å². The van der Waals surface area contributed by atoms with Gasteiger partial charge in [0.05, 0.1) is 18.2 Å². The summed E-state index contributed by atoms with van der Waals surface area (Å²) in [6, 6.07) is 8.10. The van der Waals surface area contributed by atoms with Gasteiger partial charge in [-0.15, -0.1) is 0 Å². The van der Waals surface area contributed by atoms with E-state index in [1.54, 1.807) is 6.92 Å². The summed E-state index contributed by atoms with van der Waals surface area (Å²) in [5.74, 6) is 0.973. The second-order valence-electron chi connectivity index (χ2n) is 8.15. The molecular weight excluding hydrogens is 364 g/mol. The molecule has 0 radical (unpaired) electrons. The highest BCUT2D eigenvalue weighted by Crippen LogP contribution is 2.30. The minimum absolute atomic E-state index is 0.0206. The fourth-order valence-corrected chi connectivity index (χ4v) is 4.27. The Morgan fingerprint density at radius 1 is 1.14 bits per heavy atom. The minimum atomic E-state index is -0.0206. The first kappa shape index (κ1) is 19.6. The molecule has 1 fully saturated rings. The maximum absolute atomic E-state index is 12.7. The van der Waals surface area contributed by atoms with Crippen LogP contribution >= 0.6 is 0 Å². The molecule has 0 aliphatic carbocycles. The molecule has 2 aliphatic rings. The molecule has 29 heavy (non-hydrogen) atoms. The van der Waals surface area contributed by atoms with Crippen molar-refractivity contribution in [1.29, 1.82) is 0 Å². The molecule has 0 bridgehead atoms. The average Bonchev–Trinajstić information content (AvgIpc) is 2.74. The summed E-state index contributed by atoms with van der Waals surface area (Å²) in [5, 5.41) is 0. The zero-order valence-corrected chi connectivity index (χ0v) is 17.2. The number of hydrogen-bond acceptors (Lipinski definition) is 4. The highest BCUT2D eigenvalue weighted by atomic mass is 16.2. The van der Waals surface area contributed by atoms with Gasteiger partial charge in [-0.2, -0.15) is 0 Å². The highest BCUT2D eigenvalue weighted by molar-refractivity contribution is 5.79. The predicted octanol–water partition coefficient (Wildman–Crippen LogP) is 2.99. The molecule has 2 aliphatic heterocycles. The molecule has 2 amide bonds. The SMILES string of the molecule is CC(=O)N1CCCC[C@H]1c1ncc2c(n1)CCN(C(=O)Cc1ccc(C)cc1)C2. The molecule has 0 N–H and O–H groups in total. The number of piperidine rings is 1. The van der Waals surface area contributed by atoms with Crippen LogP contribution in [0.4, 0.5) is 0 Å². The molecule has 0 saturated carbocycles. The van der Waals surface area contributed by atoms with Crippen LogP contribution < -0.4 is 0 Å². The van der Waals surface area contributed by atoms with Crippen molar-refractivity contribution in [2.24, 2.45) is 0 Å². The monoisotopic (exact) mass is 392 g/mol. The van der Waals surface area contributed by atoms with E-state index in [-0.39, 0.29) is 17.9 Å². The van der Waals surface area contributed by atoms with Crippen LogP contribution in [0.15, 0.2) is 30.5 Å². The van der Waals surface area contributed by atoms with E-state index in [4.69, 9.17) is 4.98 Å². The lowest BCUT2D eigenvalue weighted by molar-refractivity contribution is -0.133. The van der Waals surface area contributed by atoms with Gasteiger partial charge in [0, 0.05) is 44.7 Å². The molecule has 1 saturated heterocycles. The summed E-state index contributed by atoms with van der Waals surface area (Å²) in [4.78, 5) is 37.9. The van der Waals surface area contributed by atoms with E-state index in [9.17, 15) is 9.59 Å². The quantitative estimate of drug-likeness (QED) is 0.805. The van der Waals surface area contributed by atoms with Gasteiger partial charge in [-0.05, 0) is 31.7 Å². The summed E-state index contributed by atoms with van der Waals surface area (Å²) < 4.78 is 0. The number of amides is 2. The molecule has 6 nitrogen and oxygen atoms in total. The number of likely N-dealkylation sites (tertiary alicyclic amines) is 1. The number of carbonyl (C=O) groups is 2. The maximum Gasteiger partial charge on any atom is 0.227 e. The lowest BCUT2D eigenvalue weighted by Gasteiger charge is -2.35. The van der Waals surface area contributed by atoms with Crippen LogP contribution in [0.3, 0.4) is 0 Å². The third-order valence-electron chi connectivity index (χ3n) is 5.99. The van der Waals surface area contributed by atoms with E-state index in [1.807, 2.05) is 47.2 Å². The lowest BCUT2D eigenvalue weighted by atomic mass is 10.00. The van der Waals surface area contributed by atoms with Crippen molar-refractivity contribution in [3.8, 4) is 0 Å². The molecular formula is C23H28N4O2. The summed E-state index contributed by atoms with van der Waals surface area (Å²) in [6.07, 6.45) is 6.06. The molecule has 3 heterocycles. The minimum Gasteiger partial charge on any atom is -0.338 e. The molecule has 152 valence electrons. The van der Waals surface area contributed by atoms with Gasteiger partial charge in [-0.3, -0.25) is 9.59 Å². The molecule has 1 aromatic carbocycles. The van der Waals surface area contributed by atoms with E-state index in [2.05, 4.69) is 4.98 Å². The zero-order chi connectivity index (χ0) is 20.4. The fraction of sp³-hybridized carbons (Fsp3) is 0.478. The van der Waals surface area contributed by atoms with Crippen molar-refractivity contribution < 1.29 is 9.59 Å². The molecule has 4 rings (SSSR count). The topological polar surface area (TPSA) is 66.4 Å². The summed E-state index contributed by atoms with van der Waals surface area (Å²) in [7, 11) is 0. The number of aromatic nitrogens is 2. The van der Waals surface area contributed by atoms with Crippen LogP contribution in [-0.2, 0) is 29.0 Å². The van der Waals surface area contributed by atoms with E-state index >= 15 is 0 Å². The average molecular weight is 393 g/mol. The van der Waals surface area contributed by atoms with E-state index < -0.39 is 0 Å². The van der Waals surface area contributed by atoms with Gasteiger partial charge in [0.1, 0.15) is 0 Å². The van der Waals surface area contributed by atoms with Gasteiger partial charge in [0.25, 0.3) is 0 Å². The second-order valence-corrected chi connectivity index (χ2v) is 8.15. The van der Waals surface area contributed by atoms with Crippen LogP contribution in [0.1, 0.15) is 60.4 Å².